The molecule has 0 aliphatic rings. The van der Waals surface area contributed by atoms with E-state index >= 15 is 0 Å². The molecule has 3 nitrogen and oxygen atoms in total. The molecule has 0 radical (unpaired) electrons. The van der Waals surface area contributed by atoms with E-state index in [9.17, 15) is 4.39 Å². The highest BCUT2D eigenvalue weighted by atomic mass is 19.1. The van der Waals surface area contributed by atoms with Crippen molar-refractivity contribution in [3.8, 4) is 5.75 Å². The zero-order chi connectivity index (χ0) is 12.0. The van der Waals surface area contributed by atoms with Crippen molar-refractivity contribution in [2.45, 2.75) is 19.6 Å². The average molecular weight is 227 g/mol. The van der Waals surface area contributed by atoms with E-state index in [-0.39, 0.29) is 11.9 Å². The van der Waals surface area contributed by atoms with Crippen LogP contribution in [0.5, 0.6) is 5.75 Å². The Balaban J connectivity index is 2.77. The zero-order valence-electron chi connectivity index (χ0n) is 9.92. The maximum absolute atomic E-state index is 13.0. The van der Waals surface area contributed by atoms with Gasteiger partial charge in [-0.15, -0.1) is 0 Å². The van der Waals surface area contributed by atoms with Gasteiger partial charge in [0.05, 0.1) is 6.61 Å². The van der Waals surface area contributed by atoms with Crippen molar-refractivity contribution < 1.29 is 13.9 Å². The van der Waals surface area contributed by atoms with Crippen LogP contribution in [0.3, 0.4) is 0 Å². The number of hydrogen-bond donors (Lipinski definition) is 1. The Bertz CT molecular complexity index is 331. The van der Waals surface area contributed by atoms with Crippen molar-refractivity contribution in [3.05, 3.63) is 29.6 Å². The minimum Gasteiger partial charge on any atom is -0.488 e. The van der Waals surface area contributed by atoms with Crippen molar-refractivity contribution in [1.29, 1.82) is 0 Å². The van der Waals surface area contributed by atoms with Gasteiger partial charge in [-0.3, -0.25) is 0 Å². The van der Waals surface area contributed by atoms with Crippen LogP contribution in [0.4, 0.5) is 4.39 Å². The minimum absolute atomic E-state index is 0.0499. The van der Waals surface area contributed by atoms with Gasteiger partial charge < -0.3 is 14.8 Å². The first-order valence-corrected chi connectivity index (χ1v) is 5.26. The number of rotatable bonds is 6. The Hall–Kier alpha value is -1.13. The monoisotopic (exact) mass is 227 g/mol. The molecule has 0 heterocycles. The number of nitrogens with one attached hydrogen (secondary N) is 1. The fourth-order valence-corrected chi connectivity index (χ4v) is 1.48. The van der Waals surface area contributed by atoms with Gasteiger partial charge in [-0.05, 0) is 32.2 Å². The number of benzene rings is 1. The summed E-state index contributed by atoms with van der Waals surface area (Å²) in [6.45, 7) is 3.00. The lowest BCUT2D eigenvalue weighted by atomic mass is 10.2. The summed E-state index contributed by atoms with van der Waals surface area (Å²) >= 11 is 0. The summed E-state index contributed by atoms with van der Waals surface area (Å²) in [4.78, 5) is 0. The van der Waals surface area contributed by atoms with Gasteiger partial charge in [-0.1, -0.05) is 0 Å². The van der Waals surface area contributed by atoms with Gasteiger partial charge in [-0.25, -0.2) is 4.39 Å². The maximum Gasteiger partial charge on any atom is 0.124 e. The van der Waals surface area contributed by atoms with Crippen LogP contribution in [0.1, 0.15) is 12.5 Å². The molecule has 0 aliphatic heterocycles. The lowest BCUT2D eigenvalue weighted by Crippen LogP contribution is -2.19. The Morgan fingerprint density at radius 2 is 2.19 bits per heavy atom. The molecule has 1 N–H and O–H groups in total. The summed E-state index contributed by atoms with van der Waals surface area (Å²) in [6, 6.07) is 4.52. The molecule has 0 amide bonds. The van der Waals surface area contributed by atoms with Crippen molar-refractivity contribution in [1.82, 2.24) is 5.32 Å². The van der Waals surface area contributed by atoms with Crippen LogP contribution < -0.4 is 10.1 Å². The number of hydrogen-bond acceptors (Lipinski definition) is 3. The first kappa shape index (κ1) is 12.9. The Labute approximate surface area is 95.6 Å². The van der Waals surface area contributed by atoms with E-state index < -0.39 is 0 Å². The van der Waals surface area contributed by atoms with Gasteiger partial charge in [0.15, 0.2) is 0 Å². The van der Waals surface area contributed by atoms with Crippen molar-refractivity contribution >= 4 is 0 Å². The lowest BCUT2D eigenvalue weighted by Gasteiger charge is -2.16. The molecule has 1 atom stereocenters. The third kappa shape index (κ3) is 3.79. The van der Waals surface area contributed by atoms with Crippen LogP contribution in [-0.2, 0) is 11.3 Å². The quantitative estimate of drug-likeness (QED) is 0.805. The van der Waals surface area contributed by atoms with E-state index in [0.717, 1.165) is 5.56 Å². The summed E-state index contributed by atoms with van der Waals surface area (Å²) < 4.78 is 23.7. The fraction of sp³-hybridized carbons (Fsp3) is 0.500. The van der Waals surface area contributed by atoms with Crippen LogP contribution in [0.15, 0.2) is 18.2 Å². The molecule has 0 bridgehead atoms. The fourth-order valence-electron chi connectivity index (χ4n) is 1.48. The Kier molecular flexibility index (Phi) is 5.22. The highest BCUT2D eigenvalue weighted by molar-refractivity contribution is 5.34. The molecule has 1 aromatic carbocycles. The highest BCUT2D eigenvalue weighted by Gasteiger charge is 2.08. The second-order valence-electron chi connectivity index (χ2n) is 3.67. The Morgan fingerprint density at radius 1 is 1.44 bits per heavy atom. The van der Waals surface area contributed by atoms with Gasteiger partial charge in [0.25, 0.3) is 0 Å². The molecule has 90 valence electrons. The van der Waals surface area contributed by atoms with Crippen LogP contribution in [0, 0.1) is 5.82 Å². The third-order valence-electron chi connectivity index (χ3n) is 2.12. The first-order valence-electron chi connectivity index (χ1n) is 5.26. The molecule has 1 rings (SSSR count). The molecule has 0 saturated heterocycles. The van der Waals surface area contributed by atoms with E-state index in [1.807, 2.05) is 14.0 Å². The zero-order valence-corrected chi connectivity index (χ0v) is 9.92. The Morgan fingerprint density at radius 3 is 2.81 bits per heavy atom. The smallest absolute Gasteiger partial charge is 0.124 e. The van der Waals surface area contributed by atoms with Gasteiger partial charge in [0, 0.05) is 19.2 Å². The van der Waals surface area contributed by atoms with Gasteiger partial charge in [0.2, 0.25) is 0 Å². The molecule has 16 heavy (non-hydrogen) atoms. The topological polar surface area (TPSA) is 30.5 Å². The molecule has 4 heteroatoms. The second kappa shape index (κ2) is 6.45. The molecule has 0 aromatic heterocycles. The molecule has 0 aliphatic carbocycles. The molecule has 0 fully saturated rings. The van der Waals surface area contributed by atoms with Gasteiger partial charge in [0.1, 0.15) is 17.7 Å². The molecular formula is C12H18FNO2. The summed E-state index contributed by atoms with van der Waals surface area (Å²) in [5.41, 5.74) is 0.811. The van der Waals surface area contributed by atoms with E-state index in [1.165, 1.54) is 12.1 Å². The van der Waals surface area contributed by atoms with Gasteiger partial charge in [-0.2, -0.15) is 0 Å². The maximum atomic E-state index is 13.0. The normalized spacial score (nSPS) is 12.5. The molecular weight excluding hydrogens is 209 g/mol. The lowest BCUT2D eigenvalue weighted by molar-refractivity contribution is 0.0913. The molecule has 0 saturated carbocycles. The van der Waals surface area contributed by atoms with Crippen LogP contribution in [-0.4, -0.2) is 26.9 Å². The molecule has 0 spiro atoms. The van der Waals surface area contributed by atoms with E-state index in [4.69, 9.17) is 9.47 Å². The molecule has 1 unspecified atom stereocenters. The SMILES string of the molecule is CNCc1cc(F)ccc1OC(C)COC. The molecule has 1 aromatic rings. The average Bonchev–Trinajstić information content (AvgIpc) is 2.23. The standard InChI is InChI=1S/C12H18FNO2/c1-9(8-15-3)16-12-5-4-11(13)6-10(12)7-14-2/h4-6,9,14H,7-8H2,1-3H3. The number of ether oxygens (including phenoxy) is 2. The van der Waals surface area contributed by atoms with Crippen LogP contribution in [0.2, 0.25) is 0 Å². The van der Waals surface area contributed by atoms with Crippen molar-refractivity contribution in [3.63, 3.8) is 0 Å². The number of methoxy groups -OCH3 is 1. The van der Waals surface area contributed by atoms with Crippen LogP contribution >= 0.6 is 0 Å². The summed E-state index contributed by atoms with van der Waals surface area (Å²) in [7, 11) is 3.44. The number of halogens is 1. The predicted molar refractivity (Wildman–Crippen MR) is 61.1 cm³/mol. The third-order valence-corrected chi connectivity index (χ3v) is 2.12. The van der Waals surface area contributed by atoms with Crippen molar-refractivity contribution in [2.75, 3.05) is 20.8 Å². The van der Waals surface area contributed by atoms with Gasteiger partial charge >= 0.3 is 0 Å². The second-order valence-corrected chi connectivity index (χ2v) is 3.67. The van der Waals surface area contributed by atoms with Crippen LogP contribution in [0.25, 0.3) is 0 Å². The van der Waals surface area contributed by atoms with E-state index in [2.05, 4.69) is 5.32 Å². The first-order chi connectivity index (χ1) is 7.67. The summed E-state index contributed by atoms with van der Waals surface area (Å²) in [6.07, 6.45) is -0.0499. The largest absolute Gasteiger partial charge is 0.488 e. The van der Waals surface area contributed by atoms with E-state index in [1.54, 1.807) is 13.2 Å². The summed E-state index contributed by atoms with van der Waals surface area (Å²) in [5, 5.41) is 2.98. The van der Waals surface area contributed by atoms with Crippen molar-refractivity contribution in [2.24, 2.45) is 0 Å². The van der Waals surface area contributed by atoms with E-state index in [0.29, 0.717) is 18.9 Å². The summed E-state index contributed by atoms with van der Waals surface area (Å²) in [5.74, 6) is 0.442. The highest BCUT2D eigenvalue weighted by Crippen LogP contribution is 2.20. The minimum atomic E-state index is -0.253. The predicted octanol–water partition coefficient (Wildman–Crippen LogP) is 1.96.